The number of ether oxygens (including phenoxy) is 5. The van der Waals surface area contributed by atoms with Gasteiger partial charge in [0.25, 0.3) is 5.56 Å². The lowest BCUT2D eigenvalue weighted by Crippen LogP contribution is -2.21. The van der Waals surface area contributed by atoms with Gasteiger partial charge in [0, 0.05) is 6.42 Å². The van der Waals surface area contributed by atoms with E-state index in [0.717, 1.165) is 17.7 Å². The molecule has 0 aliphatic carbocycles. The third-order valence-corrected chi connectivity index (χ3v) is 4.79. The van der Waals surface area contributed by atoms with Crippen molar-refractivity contribution in [2.75, 3.05) is 34.5 Å². The molecule has 0 atom stereocenters. The van der Waals surface area contributed by atoms with Crippen molar-refractivity contribution in [1.29, 1.82) is 0 Å². The molecule has 0 N–H and O–H groups in total. The molecule has 1 aliphatic heterocycles. The van der Waals surface area contributed by atoms with Gasteiger partial charge in [-0.1, -0.05) is 6.07 Å². The largest absolute Gasteiger partial charge is 0.493 e. The van der Waals surface area contributed by atoms with Crippen LogP contribution in [0.1, 0.15) is 12.0 Å². The van der Waals surface area contributed by atoms with Crippen LogP contribution in [0.15, 0.2) is 35.4 Å². The second kappa shape index (κ2) is 7.90. The summed E-state index contributed by atoms with van der Waals surface area (Å²) in [6, 6.07) is 7.30. The van der Waals surface area contributed by atoms with E-state index in [0.29, 0.717) is 53.7 Å². The standard InChI is InChI=1S/C21H22N2O6/c1-25-17-10-14-18(20(27-3)19(17)26-2)22-12-23(21(14)24)11-13-5-6-15-16(9-13)29-8-4-7-28-15/h5-6,9-10,12H,4,7-8,11H2,1-3H3. The van der Waals surface area contributed by atoms with E-state index in [4.69, 9.17) is 23.7 Å². The van der Waals surface area contributed by atoms with Crippen molar-refractivity contribution in [2.24, 2.45) is 0 Å². The first-order chi connectivity index (χ1) is 14.2. The SMILES string of the molecule is COc1cc2c(=O)n(Cc3ccc4c(c3)OCCCO4)cnc2c(OC)c1OC. The zero-order valence-corrected chi connectivity index (χ0v) is 16.6. The summed E-state index contributed by atoms with van der Waals surface area (Å²) in [5.41, 5.74) is 1.12. The van der Waals surface area contributed by atoms with Gasteiger partial charge in [-0.25, -0.2) is 4.98 Å². The number of fused-ring (bicyclic) bond motifs is 2. The summed E-state index contributed by atoms with van der Waals surface area (Å²) in [4.78, 5) is 17.6. The van der Waals surface area contributed by atoms with E-state index in [1.807, 2.05) is 18.2 Å². The Morgan fingerprint density at radius 2 is 1.76 bits per heavy atom. The van der Waals surface area contributed by atoms with Gasteiger partial charge in [-0.15, -0.1) is 0 Å². The first kappa shape index (κ1) is 18.9. The molecule has 8 nitrogen and oxygen atoms in total. The van der Waals surface area contributed by atoms with Crippen LogP contribution >= 0.6 is 0 Å². The van der Waals surface area contributed by atoms with E-state index in [2.05, 4.69) is 4.98 Å². The Kier molecular flexibility index (Phi) is 5.16. The van der Waals surface area contributed by atoms with E-state index in [1.54, 1.807) is 6.07 Å². The highest BCUT2D eigenvalue weighted by Gasteiger charge is 2.20. The maximum absolute atomic E-state index is 13.1. The normalized spacial score (nSPS) is 13.1. The van der Waals surface area contributed by atoms with Gasteiger partial charge in [0.2, 0.25) is 5.75 Å². The topological polar surface area (TPSA) is 81.0 Å². The Bertz CT molecular complexity index is 1110. The number of benzene rings is 2. The Morgan fingerprint density at radius 3 is 2.48 bits per heavy atom. The number of methoxy groups -OCH3 is 3. The molecule has 2 aromatic carbocycles. The molecular weight excluding hydrogens is 376 g/mol. The molecule has 0 radical (unpaired) electrons. The van der Waals surface area contributed by atoms with Crippen LogP contribution in [0.5, 0.6) is 28.7 Å². The number of nitrogens with zero attached hydrogens (tertiary/aromatic N) is 2. The summed E-state index contributed by atoms with van der Waals surface area (Å²) < 4.78 is 29.1. The van der Waals surface area contributed by atoms with Crippen molar-refractivity contribution in [3.8, 4) is 28.7 Å². The summed E-state index contributed by atoms with van der Waals surface area (Å²) in [5.74, 6) is 2.58. The van der Waals surface area contributed by atoms with Gasteiger partial charge >= 0.3 is 0 Å². The van der Waals surface area contributed by atoms with Gasteiger partial charge in [-0.05, 0) is 23.8 Å². The zero-order valence-electron chi connectivity index (χ0n) is 16.6. The second-order valence-corrected chi connectivity index (χ2v) is 6.55. The van der Waals surface area contributed by atoms with Gasteiger partial charge in [-0.2, -0.15) is 0 Å². The van der Waals surface area contributed by atoms with Crippen LogP contribution in [-0.4, -0.2) is 44.1 Å². The maximum atomic E-state index is 13.1. The molecule has 0 bridgehead atoms. The number of hydrogen-bond donors (Lipinski definition) is 0. The summed E-state index contributed by atoms with van der Waals surface area (Å²) >= 11 is 0. The van der Waals surface area contributed by atoms with Crippen molar-refractivity contribution < 1.29 is 23.7 Å². The van der Waals surface area contributed by atoms with Crippen LogP contribution in [0.2, 0.25) is 0 Å². The van der Waals surface area contributed by atoms with Crippen LogP contribution in [0.3, 0.4) is 0 Å². The summed E-state index contributed by atoms with van der Waals surface area (Å²) in [6.45, 7) is 1.58. The van der Waals surface area contributed by atoms with Crippen LogP contribution in [0.25, 0.3) is 10.9 Å². The minimum atomic E-state index is -0.207. The summed E-state index contributed by atoms with van der Waals surface area (Å²) in [7, 11) is 4.52. The van der Waals surface area contributed by atoms with E-state index >= 15 is 0 Å². The molecule has 0 spiro atoms. The van der Waals surface area contributed by atoms with Crippen LogP contribution < -0.4 is 29.2 Å². The third-order valence-electron chi connectivity index (χ3n) is 4.79. The van der Waals surface area contributed by atoms with Gasteiger partial charge in [0.05, 0.1) is 52.8 Å². The predicted octanol–water partition coefficient (Wildman–Crippen LogP) is 2.63. The third kappa shape index (κ3) is 3.41. The van der Waals surface area contributed by atoms with Gasteiger partial charge in [0.15, 0.2) is 23.0 Å². The Morgan fingerprint density at radius 1 is 1.00 bits per heavy atom. The lowest BCUT2D eigenvalue weighted by atomic mass is 10.1. The van der Waals surface area contributed by atoms with Crippen molar-refractivity contribution in [2.45, 2.75) is 13.0 Å². The monoisotopic (exact) mass is 398 g/mol. The fraction of sp³-hybridized carbons (Fsp3) is 0.333. The lowest BCUT2D eigenvalue weighted by Gasteiger charge is -2.15. The molecule has 2 heterocycles. The van der Waals surface area contributed by atoms with Crippen molar-refractivity contribution >= 4 is 10.9 Å². The molecule has 0 unspecified atom stereocenters. The smallest absolute Gasteiger partial charge is 0.261 e. The lowest BCUT2D eigenvalue weighted by molar-refractivity contribution is 0.297. The van der Waals surface area contributed by atoms with Crippen LogP contribution in [0.4, 0.5) is 0 Å². The fourth-order valence-corrected chi connectivity index (χ4v) is 3.38. The molecule has 4 rings (SSSR count). The number of rotatable bonds is 5. The zero-order chi connectivity index (χ0) is 20.4. The number of aromatic nitrogens is 2. The molecular formula is C21H22N2O6. The predicted molar refractivity (Wildman–Crippen MR) is 107 cm³/mol. The molecule has 29 heavy (non-hydrogen) atoms. The van der Waals surface area contributed by atoms with Crippen molar-refractivity contribution in [1.82, 2.24) is 9.55 Å². The minimum Gasteiger partial charge on any atom is -0.493 e. The Labute approximate surface area is 167 Å². The Hall–Kier alpha value is -3.42. The second-order valence-electron chi connectivity index (χ2n) is 6.55. The van der Waals surface area contributed by atoms with Gasteiger partial charge in [-0.3, -0.25) is 9.36 Å². The molecule has 0 amide bonds. The Balaban J connectivity index is 1.77. The summed E-state index contributed by atoms with van der Waals surface area (Å²) in [5, 5.41) is 0.386. The fourth-order valence-electron chi connectivity index (χ4n) is 3.38. The van der Waals surface area contributed by atoms with Gasteiger partial charge in [0.1, 0.15) is 5.52 Å². The number of hydrogen-bond acceptors (Lipinski definition) is 7. The van der Waals surface area contributed by atoms with Crippen molar-refractivity contribution in [3.05, 3.63) is 46.5 Å². The average molecular weight is 398 g/mol. The van der Waals surface area contributed by atoms with Gasteiger partial charge < -0.3 is 23.7 Å². The minimum absolute atomic E-state index is 0.207. The summed E-state index contributed by atoms with van der Waals surface area (Å²) in [6.07, 6.45) is 2.34. The molecule has 0 saturated carbocycles. The van der Waals surface area contributed by atoms with E-state index in [1.165, 1.54) is 32.2 Å². The first-order valence-corrected chi connectivity index (χ1v) is 9.23. The quantitative estimate of drug-likeness (QED) is 0.653. The molecule has 0 saturated heterocycles. The molecule has 3 aromatic rings. The molecule has 8 heteroatoms. The first-order valence-electron chi connectivity index (χ1n) is 9.23. The van der Waals surface area contributed by atoms with E-state index in [-0.39, 0.29) is 5.56 Å². The average Bonchev–Trinajstić information content (AvgIpc) is 2.99. The molecule has 0 fully saturated rings. The van der Waals surface area contributed by atoms with Crippen LogP contribution in [-0.2, 0) is 6.54 Å². The van der Waals surface area contributed by atoms with E-state index in [9.17, 15) is 4.79 Å². The highest BCUT2D eigenvalue weighted by molar-refractivity contribution is 5.89. The van der Waals surface area contributed by atoms with E-state index < -0.39 is 0 Å². The highest BCUT2D eigenvalue weighted by Crippen LogP contribution is 2.41. The molecule has 1 aromatic heterocycles. The van der Waals surface area contributed by atoms with Crippen molar-refractivity contribution in [3.63, 3.8) is 0 Å². The maximum Gasteiger partial charge on any atom is 0.261 e. The molecule has 152 valence electrons. The highest BCUT2D eigenvalue weighted by atomic mass is 16.5. The van der Waals surface area contributed by atoms with Crippen LogP contribution in [0, 0.1) is 0 Å². The molecule has 1 aliphatic rings.